The van der Waals surface area contributed by atoms with Crippen LogP contribution in [0, 0.1) is 29.6 Å². The summed E-state index contributed by atoms with van der Waals surface area (Å²) in [4.78, 5) is 11.7. The molecule has 3 saturated carbocycles. The molecule has 0 spiro atoms. The lowest BCUT2D eigenvalue weighted by molar-refractivity contribution is -0.145. The third-order valence-corrected chi connectivity index (χ3v) is 6.00. The highest BCUT2D eigenvalue weighted by Crippen LogP contribution is 2.67. The van der Waals surface area contributed by atoms with Crippen LogP contribution in [0.5, 0.6) is 0 Å². The molecule has 0 radical (unpaired) electrons. The van der Waals surface area contributed by atoms with Crippen molar-refractivity contribution in [2.75, 3.05) is 6.61 Å². The molecule has 0 aromatic rings. The first-order valence-electron chi connectivity index (χ1n) is 6.61. The molecule has 0 heterocycles. The molecule has 0 bridgehead atoms. The smallest absolute Gasteiger partial charge is 0.309 e. The van der Waals surface area contributed by atoms with Crippen LogP contribution >= 0.6 is 23.2 Å². The number of carbonyl (C=O) groups is 1. The van der Waals surface area contributed by atoms with Crippen molar-refractivity contribution in [2.24, 2.45) is 29.6 Å². The Morgan fingerprint density at radius 1 is 1.18 bits per heavy atom. The minimum Gasteiger partial charge on any atom is -0.466 e. The van der Waals surface area contributed by atoms with Crippen LogP contribution in [0.4, 0.5) is 0 Å². The number of halogens is 2. The van der Waals surface area contributed by atoms with Gasteiger partial charge in [0.05, 0.1) is 12.5 Å². The van der Waals surface area contributed by atoms with Gasteiger partial charge in [-0.3, -0.25) is 4.79 Å². The molecule has 96 valence electrons. The van der Waals surface area contributed by atoms with Crippen LogP contribution in [-0.2, 0) is 9.53 Å². The third-order valence-electron chi connectivity index (χ3n) is 4.88. The van der Waals surface area contributed by atoms with E-state index in [1.807, 2.05) is 6.92 Å². The molecule has 3 rings (SSSR count). The van der Waals surface area contributed by atoms with E-state index < -0.39 is 4.33 Å². The van der Waals surface area contributed by atoms with Crippen molar-refractivity contribution in [1.82, 2.24) is 0 Å². The van der Waals surface area contributed by atoms with Crippen molar-refractivity contribution < 1.29 is 9.53 Å². The average molecular weight is 277 g/mol. The van der Waals surface area contributed by atoms with Gasteiger partial charge in [0.2, 0.25) is 0 Å². The lowest BCUT2D eigenvalue weighted by atomic mass is 10.0. The minimum atomic E-state index is -0.462. The van der Waals surface area contributed by atoms with E-state index in [4.69, 9.17) is 27.9 Å². The molecule has 0 aliphatic heterocycles. The lowest BCUT2D eigenvalue weighted by Gasteiger charge is -2.03. The van der Waals surface area contributed by atoms with Gasteiger partial charge in [0.1, 0.15) is 4.33 Å². The highest BCUT2D eigenvalue weighted by Gasteiger charge is 2.65. The van der Waals surface area contributed by atoms with Crippen LogP contribution in [0.1, 0.15) is 32.6 Å². The van der Waals surface area contributed by atoms with E-state index in [2.05, 4.69) is 0 Å². The van der Waals surface area contributed by atoms with Gasteiger partial charge in [-0.15, -0.1) is 23.2 Å². The van der Waals surface area contributed by atoms with Gasteiger partial charge in [0, 0.05) is 0 Å². The fourth-order valence-electron chi connectivity index (χ4n) is 3.81. The fourth-order valence-corrected chi connectivity index (χ4v) is 4.73. The highest BCUT2D eigenvalue weighted by molar-refractivity contribution is 6.51. The zero-order valence-corrected chi connectivity index (χ0v) is 11.5. The summed E-state index contributed by atoms with van der Waals surface area (Å²) in [7, 11) is 0. The van der Waals surface area contributed by atoms with Gasteiger partial charge >= 0.3 is 5.97 Å². The van der Waals surface area contributed by atoms with Gasteiger partial charge in [0.25, 0.3) is 0 Å². The Labute approximate surface area is 112 Å². The van der Waals surface area contributed by atoms with Gasteiger partial charge < -0.3 is 4.74 Å². The van der Waals surface area contributed by atoms with Gasteiger partial charge in [-0.2, -0.15) is 0 Å². The summed E-state index contributed by atoms with van der Waals surface area (Å²) < 4.78 is 4.67. The van der Waals surface area contributed by atoms with Crippen molar-refractivity contribution >= 4 is 29.2 Å². The van der Waals surface area contributed by atoms with E-state index in [1.165, 1.54) is 0 Å². The predicted octanol–water partition coefficient (Wildman–Crippen LogP) is 3.41. The Morgan fingerprint density at radius 2 is 1.71 bits per heavy atom. The number of alkyl halides is 2. The minimum absolute atomic E-state index is 0.0149. The molecule has 1 unspecified atom stereocenters. The summed E-state index contributed by atoms with van der Waals surface area (Å²) in [6.07, 6.45) is 4.34. The Morgan fingerprint density at radius 3 is 2.18 bits per heavy atom. The number of hydrogen-bond donors (Lipinski definition) is 0. The number of hydrogen-bond acceptors (Lipinski definition) is 2. The van der Waals surface area contributed by atoms with Gasteiger partial charge in [-0.25, -0.2) is 0 Å². The van der Waals surface area contributed by atoms with E-state index in [-0.39, 0.29) is 11.9 Å². The molecule has 4 heteroatoms. The summed E-state index contributed by atoms with van der Waals surface area (Å²) >= 11 is 12.5. The number of rotatable bonds is 2. The van der Waals surface area contributed by atoms with Crippen molar-refractivity contribution in [2.45, 2.75) is 36.9 Å². The highest BCUT2D eigenvalue weighted by atomic mass is 35.5. The first kappa shape index (κ1) is 12.1. The Kier molecular flexibility index (Phi) is 2.87. The van der Waals surface area contributed by atoms with E-state index in [1.54, 1.807) is 0 Å². The lowest BCUT2D eigenvalue weighted by Crippen LogP contribution is -2.08. The Balaban J connectivity index is 1.59. The van der Waals surface area contributed by atoms with Crippen molar-refractivity contribution in [3.05, 3.63) is 0 Å². The van der Waals surface area contributed by atoms with Crippen molar-refractivity contribution in [3.8, 4) is 0 Å². The first-order chi connectivity index (χ1) is 8.07. The largest absolute Gasteiger partial charge is 0.466 e. The summed E-state index contributed by atoms with van der Waals surface area (Å²) in [6.45, 7) is 2.36. The number of carbonyl (C=O) groups excluding carboxylic acids is 1. The monoisotopic (exact) mass is 276 g/mol. The molecule has 17 heavy (non-hydrogen) atoms. The molecule has 0 aromatic heterocycles. The zero-order chi connectivity index (χ0) is 12.2. The van der Waals surface area contributed by atoms with E-state index in [0.29, 0.717) is 30.3 Å². The van der Waals surface area contributed by atoms with Crippen LogP contribution in [0.3, 0.4) is 0 Å². The molecule has 0 saturated heterocycles. The molecular weight excluding hydrogens is 259 g/mol. The molecule has 3 aliphatic carbocycles. The summed E-state index contributed by atoms with van der Waals surface area (Å²) in [6, 6.07) is 0. The molecule has 3 aliphatic rings. The maximum absolute atomic E-state index is 11.7. The van der Waals surface area contributed by atoms with Gasteiger partial charge in [-0.1, -0.05) is 0 Å². The van der Waals surface area contributed by atoms with E-state index >= 15 is 0 Å². The summed E-state index contributed by atoms with van der Waals surface area (Å²) in [5.41, 5.74) is 0. The maximum atomic E-state index is 11.7. The van der Waals surface area contributed by atoms with E-state index in [0.717, 1.165) is 25.7 Å². The third kappa shape index (κ3) is 1.88. The quantitative estimate of drug-likeness (QED) is 0.571. The molecule has 2 nitrogen and oxygen atoms in total. The number of fused-ring (bicyclic) bond motifs is 2. The van der Waals surface area contributed by atoms with Crippen LogP contribution < -0.4 is 0 Å². The molecule has 0 N–H and O–H groups in total. The second-order valence-electron chi connectivity index (χ2n) is 5.65. The van der Waals surface area contributed by atoms with Crippen molar-refractivity contribution in [3.63, 3.8) is 0 Å². The summed E-state index contributed by atoms with van der Waals surface area (Å²) in [5.74, 6) is 2.21. The topological polar surface area (TPSA) is 26.3 Å². The van der Waals surface area contributed by atoms with E-state index in [9.17, 15) is 4.79 Å². The molecule has 3 fully saturated rings. The van der Waals surface area contributed by atoms with Crippen LogP contribution in [0.25, 0.3) is 0 Å². The predicted molar refractivity (Wildman–Crippen MR) is 67.0 cm³/mol. The zero-order valence-electron chi connectivity index (χ0n) is 9.99. The van der Waals surface area contributed by atoms with Crippen LogP contribution in [0.2, 0.25) is 0 Å². The Bertz CT molecular complexity index is 320. The normalized spacial score (nSPS) is 45.9. The second kappa shape index (κ2) is 4.03. The second-order valence-corrected chi connectivity index (χ2v) is 7.09. The van der Waals surface area contributed by atoms with Crippen LogP contribution in [0.15, 0.2) is 0 Å². The Hall–Kier alpha value is 0.0500. The summed E-state index contributed by atoms with van der Waals surface area (Å²) in [5, 5.41) is 0. The fraction of sp³-hybridized carbons (Fsp3) is 0.923. The molecular formula is C13H18Cl2O2. The number of esters is 1. The molecule has 5 atom stereocenters. The van der Waals surface area contributed by atoms with Gasteiger partial charge in [-0.05, 0) is 56.3 Å². The standard InChI is InChI=1S/C13H18Cl2O2/c1-2-17-12(16)11-7-3-5-9-10(13(9,14)15)6-4-8(7)11/h7-11H,2-6H2,1H3/t7-,8-,9-,10+,11?/m1/s1. The SMILES string of the molecule is CCOC(=O)C1[C@@H]2CC[C@@H]3[C@H](CC[C@@H]12)C3(Cl)Cl. The molecule has 0 amide bonds. The molecule has 0 aromatic carbocycles. The van der Waals surface area contributed by atoms with Gasteiger partial charge in [0.15, 0.2) is 0 Å². The average Bonchev–Trinajstić information content (AvgIpc) is 3.02. The number of ether oxygens (including phenoxy) is 1. The maximum Gasteiger partial charge on any atom is 0.309 e. The van der Waals surface area contributed by atoms with Crippen LogP contribution in [-0.4, -0.2) is 16.9 Å². The van der Waals surface area contributed by atoms with Crippen molar-refractivity contribution in [1.29, 1.82) is 0 Å². The first-order valence-corrected chi connectivity index (χ1v) is 7.37.